The van der Waals surface area contributed by atoms with Crippen LogP contribution in [0.1, 0.15) is 16.7 Å². The number of rotatable bonds is 3. The lowest BCUT2D eigenvalue weighted by Crippen LogP contribution is -2.27. The summed E-state index contributed by atoms with van der Waals surface area (Å²) in [6.07, 6.45) is 0.496. The van der Waals surface area contributed by atoms with E-state index in [-0.39, 0.29) is 11.7 Å². The van der Waals surface area contributed by atoms with Crippen molar-refractivity contribution < 1.29 is 9.90 Å². The lowest BCUT2D eigenvalue weighted by atomic mass is 10.00. The number of aromatic hydroxyl groups is 1. The van der Waals surface area contributed by atoms with Crippen LogP contribution in [-0.4, -0.2) is 28.6 Å². The predicted molar refractivity (Wildman–Crippen MR) is 123 cm³/mol. The Morgan fingerprint density at radius 2 is 1.72 bits per heavy atom. The van der Waals surface area contributed by atoms with Crippen molar-refractivity contribution in [1.82, 2.24) is 0 Å². The largest absolute Gasteiger partial charge is 0.508 e. The van der Waals surface area contributed by atoms with Crippen molar-refractivity contribution in [3.8, 4) is 5.75 Å². The maximum atomic E-state index is 12.8. The zero-order chi connectivity index (χ0) is 20.8. The highest BCUT2D eigenvalue weighted by atomic mass is 79.9. The maximum Gasteiger partial charge on any atom is 0.249 e. The highest BCUT2D eigenvalue weighted by Gasteiger charge is 2.26. The van der Waals surface area contributed by atoms with Crippen LogP contribution < -0.4 is 5.32 Å². The summed E-state index contributed by atoms with van der Waals surface area (Å²) in [4.78, 5) is 17.6. The standard InChI is InChI=1S/C22H17ClN2O2.CH3Br/c23-16-8-11-19-18(13-16)21(15-6-9-17(26)10-7-15)24-20(22(27)25-19)12-14-4-2-1-3-5-14;1-2/h1-11,13,20,26H,12H2,(H,25,27);1H3. The molecule has 0 fully saturated rings. The number of hydrogen-bond donors (Lipinski definition) is 2. The molecule has 0 radical (unpaired) electrons. The minimum absolute atomic E-state index is 0.156. The number of alkyl halides is 1. The molecule has 1 amide bonds. The molecule has 0 saturated carbocycles. The number of phenolic OH excluding ortho intramolecular Hbond substituents is 1. The van der Waals surface area contributed by atoms with Gasteiger partial charge in [0.05, 0.1) is 11.4 Å². The number of carbonyl (C=O) groups is 1. The first-order chi connectivity index (χ1) is 14.1. The molecule has 0 aliphatic carbocycles. The molecule has 1 unspecified atom stereocenters. The van der Waals surface area contributed by atoms with E-state index < -0.39 is 6.04 Å². The van der Waals surface area contributed by atoms with E-state index in [1.807, 2.05) is 36.2 Å². The quantitative estimate of drug-likeness (QED) is 0.498. The number of benzodiazepines with no additional fused rings is 1. The van der Waals surface area contributed by atoms with Crippen LogP contribution in [0.2, 0.25) is 5.02 Å². The van der Waals surface area contributed by atoms with Crippen LogP contribution in [0.15, 0.2) is 77.8 Å². The molecule has 1 heterocycles. The fourth-order valence-electron chi connectivity index (χ4n) is 3.15. The second kappa shape index (κ2) is 9.72. The molecule has 0 bridgehead atoms. The normalized spacial score (nSPS) is 15.2. The van der Waals surface area contributed by atoms with Crippen LogP contribution in [0.25, 0.3) is 0 Å². The molecule has 4 nitrogen and oxygen atoms in total. The third-order valence-electron chi connectivity index (χ3n) is 4.49. The molecule has 3 aromatic carbocycles. The van der Waals surface area contributed by atoms with Crippen molar-refractivity contribution in [2.75, 3.05) is 11.1 Å². The number of amides is 1. The number of nitrogens with one attached hydrogen (secondary N) is 1. The first-order valence-corrected chi connectivity index (χ1v) is 11.0. The Bertz CT molecular complexity index is 1020. The van der Waals surface area contributed by atoms with E-state index in [4.69, 9.17) is 16.6 Å². The summed E-state index contributed by atoms with van der Waals surface area (Å²) in [7, 11) is 0. The maximum absolute atomic E-state index is 12.8. The summed E-state index contributed by atoms with van der Waals surface area (Å²) in [5.74, 6) is 1.83. The van der Waals surface area contributed by atoms with E-state index in [9.17, 15) is 9.90 Å². The van der Waals surface area contributed by atoms with Crippen molar-refractivity contribution in [1.29, 1.82) is 0 Å². The number of halogens is 2. The number of anilines is 1. The topological polar surface area (TPSA) is 61.7 Å². The third kappa shape index (κ3) is 5.05. The van der Waals surface area contributed by atoms with Crippen LogP contribution in [-0.2, 0) is 11.2 Å². The Hall–Kier alpha value is -2.63. The van der Waals surface area contributed by atoms with Gasteiger partial charge in [-0.05, 0) is 53.9 Å². The Morgan fingerprint density at radius 3 is 2.41 bits per heavy atom. The molecule has 2 N–H and O–H groups in total. The van der Waals surface area contributed by atoms with E-state index >= 15 is 0 Å². The van der Waals surface area contributed by atoms with Gasteiger partial charge in [0.15, 0.2) is 0 Å². The Labute approximate surface area is 183 Å². The molecule has 6 heteroatoms. The third-order valence-corrected chi connectivity index (χ3v) is 4.73. The molecular weight excluding hydrogens is 452 g/mol. The molecule has 1 aliphatic heterocycles. The number of aliphatic imine (C=N–C) groups is 1. The number of hydrogen-bond acceptors (Lipinski definition) is 3. The highest BCUT2D eigenvalue weighted by molar-refractivity contribution is 9.08. The number of fused-ring (bicyclic) bond motifs is 1. The highest BCUT2D eigenvalue weighted by Crippen LogP contribution is 2.28. The predicted octanol–water partition coefficient (Wildman–Crippen LogP) is 5.46. The number of nitrogens with zero attached hydrogens (tertiary/aromatic N) is 1. The first-order valence-electron chi connectivity index (χ1n) is 9.00. The van der Waals surface area contributed by atoms with Crippen molar-refractivity contribution in [2.24, 2.45) is 4.99 Å². The fraction of sp³-hybridized carbons (Fsp3) is 0.130. The molecule has 0 saturated heterocycles. The number of carbonyl (C=O) groups excluding carboxylic acids is 1. The second-order valence-corrected chi connectivity index (χ2v) is 6.85. The molecule has 0 aromatic heterocycles. The van der Waals surface area contributed by atoms with Gasteiger partial charge in [-0.3, -0.25) is 9.79 Å². The molecule has 1 aliphatic rings. The molecule has 4 rings (SSSR count). The zero-order valence-electron chi connectivity index (χ0n) is 15.8. The smallest absolute Gasteiger partial charge is 0.249 e. The molecule has 3 aromatic rings. The van der Waals surface area contributed by atoms with Crippen LogP contribution in [0.4, 0.5) is 5.69 Å². The van der Waals surface area contributed by atoms with Gasteiger partial charge in [-0.1, -0.05) is 57.9 Å². The van der Waals surface area contributed by atoms with Crippen LogP contribution in [0, 0.1) is 0 Å². The number of phenols is 1. The van der Waals surface area contributed by atoms with Gasteiger partial charge in [0.2, 0.25) is 5.91 Å². The zero-order valence-corrected chi connectivity index (χ0v) is 18.1. The van der Waals surface area contributed by atoms with E-state index in [0.717, 1.165) is 16.7 Å². The monoisotopic (exact) mass is 470 g/mol. The van der Waals surface area contributed by atoms with Gasteiger partial charge in [0.1, 0.15) is 11.8 Å². The van der Waals surface area contributed by atoms with Gasteiger partial charge in [0, 0.05) is 22.6 Å². The molecule has 0 spiro atoms. The SMILES string of the molecule is CBr.O=C1Nc2ccc(Cl)cc2C(c2ccc(O)cc2)=NC1Cc1ccccc1. The second-order valence-electron chi connectivity index (χ2n) is 6.41. The van der Waals surface area contributed by atoms with Gasteiger partial charge in [0.25, 0.3) is 0 Å². The van der Waals surface area contributed by atoms with Crippen LogP contribution in [0.5, 0.6) is 5.75 Å². The van der Waals surface area contributed by atoms with Crippen molar-refractivity contribution in [3.05, 3.63) is 94.5 Å². The van der Waals surface area contributed by atoms with Crippen molar-refractivity contribution >= 4 is 44.8 Å². The molecule has 1 atom stereocenters. The summed E-state index contributed by atoms with van der Waals surface area (Å²) in [6.45, 7) is 0. The lowest BCUT2D eigenvalue weighted by molar-refractivity contribution is -0.117. The van der Waals surface area contributed by atoms with Crippen molar-refractivity contribution in [3.63, 3.8) is 0 Å². The molecular formula is C23H20BrClN2O2. The first kappa shape index (κ1) is 21.1. The average Bonchev–Trinajstić information content (AvgIpc) is 2.88. The van der Waals surface area contributed by atoms with E-state index in [1.165, 1.54) is 0 Å². The van der Waals surface area contributed by atoms with E-state index in [1.54, 1.807) is 42.5 Å². The van der Waals surface area contributed by atoms with Gasteiger partial charge >= 0.3 is 0 Å². The van der Waals surface area contributed by atoms with Gasteiger partial charge in [-0.2, -0.15) is 0 Å². The average molecular weight is 472 g/mol. The Balaban J connectivity index is 0.00000117. The summed E-state index contributed by atoms with van der Waals surface area (Å²) >= 11 is 9.14. The van der Waals surface area contributed by atoms with Gasteiger partial charge in [-0.25, -0.2) is 0 Å². The van der Waals surface area contributed by atoms with E-state index in [2.05, 4.69) is 21.2 Å². The molecule has 148 valence electrons. The van der Waals surface area contributed by atoms with Crippen molar-refractivity contribution in [2.45, 2.75) is 12.5 Å². The molecule has 29 heavy (non-hydrogen) atoms. The summed E-state index contributed by atoms with van der Waals surface area (Å²) < 4.78 is 0. The van der Waals surface area contributed by atoms with Crippen LogP contribution >= 0.6 is 27.5 Å². The van der Waals surface area contributed by atoms with Gasteiger partial charge in [-0.15, -0.1) is 0 Å². The van der Waals surface area contributed by atoms with Crippen LogP contribution in [0.3, 0.4) is 0 Å². The van der Waals surface area contributed by atoms with Gasteiger partial charge < -0.3 is 10.4 Å². The minimum atomic E-state index is -0.567. The summed E-state index contributed by atoms with van der Waals surface area (Å²) in [5.41, 5.74) is 3.96. The Morgan fingerprint density at radius 1 is 1.03 bits per heavy atom. The fourth-order valence-corrected chi connectivity index (χ4v) is 3.32. The Kier molecular flexibility index (Phi) is 7.07. The lowest BCUT2D eigenvalue weighted by Gasteiger charge is -2.11. The summed E-state index contributed by atoms with van der Waals surface area (Å²) in [5, 5.41) is 13.1. The minimum Gasteiger partial charge on any atom is -0.508 e. The van der Waals surface area contributed by atoms with E-state index in [0.29, 0.717) is 22.8 Å². The number of benzene rings is 3. The summed E-state index contributed by atoms with van der Waals surface area (Å²) in [6, 6.07) is 21.4.